The standard InChI is InChI=1S/C16H21Cl2N/c1-19-11-14(12-5-3-2-4-6-12)9-13-10-15(17)7-8-16(13)18/h7-10,12,19H,2-6,11H2,1H3/b14-9-. The first kappa shape index (κ1) is 14.9. The van der Waals surface area contributed by atoms with Crippen molar-refractivity contribution in [2.75, 3.05) is 13.6 Å². The predicted molar refractivity (Wildman–Crippen MR) is 84.9 cm³/mol. The van der Waals surface area contributed by atoms with Gasteiger partial charge in [-0.1, -0.05) is 54.1 Å². The van der Waals surface area contributed by atoms with E-state index in [9.17, 15) is 0 Å². The van der Waals surface area contributed by atoms with E-state index < -0.39 is 0 Å². The summed E-state index contributed by atoms with van der Waals surface area (Å²) in [6, 6.07) is 5.65. The number of likely N-dealkylation sites (N-methyl/N-ethyl adjacent to an activating group) is 1. The molecule has 1 aromatic rings. The second-order valence-corrected chi connectivity index (χ2v) is 6.09. The molecule has 0 radical (unpaired) electrons. The highest BCUT2D eigenvalue weighted by Gasteiger charge is 2.17. The molecule has 104 valence electrons. The van der Waals surface area contributed by atoms with Gasteiger partial charge in [0.05, 0.1) is 0 Å². The number of rotatable bonds is 4. The van der Waals surface area contributed by atoms with Crippen LogP contribution in [0, 0.1) is 5.92 Å². The van der Waals surface area contributed by atoms with Gasteiger partial charge in [0.2, 0.25) is 0 Å². The Labute approximate surface area is 126 Å². The summed E-state index contributed by atoms with van der Waals surface area (Å²) < 4.78 is 0. The molecule has 1 N–H and O–H groups in total. The normalized spacial score (nSPS) is 17.7. The molecule has 0 bridgehead atoms. The van der Waals surface area contributed by atoms with Crippen molar-refractivity contribution < 1.29 is 0 Å². The molecule has 1 fully saturated rings. The Morgan fingerprint density at radius 3 is 2.68 bits per heavy atom. The number of hydrogen-bond acceptors (Lipinski definition) is 1. The van der Waals surface area contributed by atoms with Gasteiger partial charge in [-0.05, 0) is 49.6 Å². The highest BCUT2D eigenvalue weighted by Crippen LogP contribution is 2.32. The lowest BCUT2D eigenvalue weighted by atomic mass is 9.83. The lowest BCUT2D eigenvalue weighted by molar-refractivity contribution is 0.398. The minimum Gasteiger partial charge on any atom is -0.316 e. The fourth-order valence-corrected chi connectivity index (χ4v) is 3.17. The highest BCUT2D eigenvalue weighted by molar-refractivity contribution is 6.34. The van der Waals surface area contributed by atoms with Crippen LogP contribution in [-0.4, -0.2) is 13.6 Å². The number of benzene rings is 1. The molecule has 0 unspecified atom stereocenters. The first-order valence-electron chi connectivity index (χ1n) is 7.01. The van der Waals surface area contributed by atoms with Gasteiger partial charge in [0.25, 0.3) is 0 Å². The van der Waals surface area contributed by atoms with Gasteiger partial charge in [-0.2, -0.15) is 0 Å². The van der Waals surface area contributed by atoms with Gasteiger partial charge in [0.15, 0.2) is 0 Å². The molecule has 1 aliphatic carbocycles. The van der Waals surface area contributed by atoms with Crippen molar-refractivity contribution in [3.63, 3.8) is 0 Å². The summed E-state index contributed by atoms with van der Waals surface area (Å²) in [4.78, 5) is 0. The van der Waals surface area contributed by atoms with Crippen LogP contribution in [0.1, 0.15) is 37.7 Å². The maximum Gasteiger partial charge on any atom is 0.0479 e. The third-order valence-corrected chi connectivity index (χ3v) is 4.39. The highest BCUT2D eigenvalue weighted by atomic mass is 35.5. The van der Waals surface area contributed by atoms with Gasteiger partial charge in [0.1, 0.15) is 0 Å². The molecular weight excluding hydrogens is 277 g/mol. The van der Waals surface area contributed by atoms with E-state index in [2.05, 4.69) is 11.4 Å². The monoisotopic (exact) mass is 297 g/mol. The topological polar surface area (TPSA) is 12.0 Å². The first-order chi connectivity index (χ1) is 9.20. The quantitative estimate of drug-likeness (QED) is 0.808. The summed E-state index contributed by atoms with van der Waals surface area (Å²) in [5.41, 5.74) is 2.48. The molecule has 0 amide bonds. The van der Waals surface area contributed by atoms with E-state index in [1.165, 1.54) is 37.7 Å². The minimum atomic E-state index is 0.691. The van der Waals surface area contributed by atoms with Crippen molar-refractivity contribution in [3.8, 4) is 0 Å². The molecule has 2 rings (SSSR count). The van der Waals surface area contributed by atoms with E-state index >= 15 is 0 Å². The van der Waals surface area contributed by atoms with Crippen molar-refractivity contribution in [2.24, 2.45) is 5.92 Å². The average molecular weight is 298 g/mol. The molecule has 1 aromatic carbocycles. The summed E-state index contributed by atoms with van der Waals surface area (Å²) in [6.45, 7) is 0.924. The zero-order chi connectivity index (χ0) is 13.7. The Hall–Kier alpha value is -0.500. The molecule has 0 saturated heterocycles. The van der Waals surface area contributed by atoms with E-state index in [4.69, 9.17) is 23.2 Å². The Morgan fingerprint density at radius 1 is 1.26 bits per heavy atom. The molecule has 19 heavy (non-hydrogen) atoms. The van der Waals surface area contributed by atoms with Gasteiger partial charge in [-0.3, -0.25) is 0 Å². The zero-order valence-electron chi connectivity index (χ0n) is 11.4. The molecule has 1 nitrogen and oxygen atoms in total. The molecule has 0 heterocycles. The van der Waals surface area contributed by atoms with Gasteiger partial charge in [-0.15, -0.1) is 0 Å². The van der Waals surface area contributed by atoms with Crippen LogP contribution in [0.15, 0.2) is 23.8 Å². The third-order valence-electron chi connectivity index (χ3n) is 3.81. The number of halogens is 2. The Balaban J connectivity index is 2.25. The smallest absolute Gasteiger partial charge is 0.0479 e. The molecule has 0 aliphatic heterocycles. The Bertz CT molecular complexity index is 448. The van der Waals surface area contributed by atoms with Crippen LogP contribution in [0.5, 0.6) is 0 Å². The van der Waals surface area contributed by atoms with Gasteiger partial charge >= 0.3 is 0 Å². The lowest BCUT2D eigenvalue weighted by Gasteiger charge is -2.24. The number of nitrogens with one attached hydrogen (secondary N) is 1. The third kappa shape index (κ3) is 4.24. The molecule has 1 saturated carbocycles. The minimum absolute atomic E-state index is 0.691. The van der Waals surface area contributed by atoms with Crippen LogP contribution in [0.25, 0.3) is 6.08 Å². The maximum atomic E-state index is 6.26. The average Bonchev–Trinajstić information content (AvgIpc) is 2.43. The van der Waals surface area contributed by atoms with E-state index in [1.54, 1.807) is 0 Å². The van der Waals surface area contributed by atoms with Crippen LogP contribution in [-0.2, 0) is 0 Å². The fraction of sp³-hybridized carbons (Fsp3) is 0.500. The van der Waals surface area contributed by atoms with Gasteiger partial charge < -0.3 is 5.32 Å². The van der Waals surface area contributed by atoms with Crippen molar-refractivity contribution in [1.82, 2.24) is 5.32 Å². The SMILES string of the molecule is CNC/C(=C/c1cc(Cl)ccc1Cl)C1CCCCC1. The second-order valence-electron chi connectivity index (χ2n) is 5.25. The molecule has 0 atom stereocenters. The van der Waals surface area contributed by atoms with Crippen LogP contribution < -0.4 is 5.32 Å². The van der Waals surface area contributed by atoms with Crippen molar-refractivity contribution in [1.29, 1.82) is 0 Å². The molecule has 0 spiro atoms. The van der Waals surface area contributed by atoms with Crippen molar-refractivity contribution in [2.45, 2.75) is 32.1 Å². The fourth-order valence-electron chi connectivity index (χ4n) is 2.82. The van der Waals surface area contributed by atoms with Crippen molar-refractivity contribution >= 4 is 29.3 Å². The summed E-state index contributed by atoms with van der Waals surface area (Å²) in [5.74, 6) is 0.691. The lowest BCUT2D eigenvalue weighted by Crippen LogP contribution is -2.19. The van der Waals surface area contributed by atoms with Crippen LogP contribution in [0.4, 0.5) is 0 Å². The summed E-state index contributed by atoms with van der Waals surface area (Å²) in [7, 11) is 2.00. The van der Waals surface area contributed by atoms with E-state index in [0.29, 0.717) is 5.92 Å². The molecule has 1 aliphatic rings. The summed E-state index contributed by atoms with van der Waals surface area (Å²) in [6.07, 6.45) is 8.88. The second kappa shape index (κ2) is 7.33. The molecule has 3 heteroatoms. The molecule has 0 aromatic heterocycles. The Morgan fingerprint density at radius 2 is 2.00 bits per heavy atom. The van der Waals surface area contributed by atoms with E-state index in [-0.39, 0.29) is 0 Å². The Kier molecular flexibility index (Phi) is 5.75. The zero-order valence-corrected chi connectivity index (χ0v) is 12.9. The van der Waals surface area contributed by atoms with Crippen molar-refractivity contribution in [3.05, 3.63) is 39.4 Å². The first-order valence-corrected chi connectivity index (χ1v) is 7.76. The molecular formula is C16H21Cl2N. The van der Waals surface area contributed by atoms with Crippen LogP contribution in [0.3, 0.4) is 0 Å². The van der Waals surface area contributed by atoms with Gasteiger partial charge in [0, 0.05) is 16.6 Å². The van der Waals surface area contributed by atoms with Crippen LogP contribution in [0.2, 0.25) is 10.0 Å². The van der Waals surface area contributed by atoms with E-state index in [0.717, 1.165) is 22.2 Å². The maximum absolute atomic E-state index is 6.26. The van der Waals surface area contributed by atoms with Gasteiger partial charge in [-0.25, -0.2) is 0 Å². The predicted octanol–water partition coefficient (Wildman–Crippen LogP) is 5.18. The largest absolute Gasteiger partial charge is 0.316 e. The number of hydrogen-bond donors (Lipinski definition) is 1. The van der Waals surface area contributed by atoms with E-state index in [1.807, 2.05) is 25.2 Å². The summed E-state index contributed by atoms with van der Waals surface area (Å²) in [5, 5.41) is 4.79. The van der Waals surface area contributed by atoms with Crippen LogP contribution >= 0.6 is 23.2 Å². The summed E-state index contributed by atoms with van der Waals surface area (Å²) >= 11 is 12.3.